The van der Waals surface area contributed by atoms with Gasteiger partial charge >= 0.3 is 0 Å². The van der Waals surface area contributed by atoms with Gasteiger partial charge in [-0.15, -0.1) is 24.0 Å². The number of nitrogens with zero attached hydrogens (tertiary/aromatic N) is 4. The fourth-order valence-corrected chi connectivity index (χ4v) is 5.19. The van der Waals surface area contributed by atoms with E-state index < -0.39 is 0 Å². The molecule has 0 saturated carbocycles. The van der Waals surface area contributed by atoms with Gasteiger partial charge in [-0.1, -0.05) is 13.8 Å². The van der Waals surface area contributed by atoms with Crippen LogP contribution in [0.1, 0.15) is 52.9 Å². The van der Waals surface area contributed by atoms with Crippen LogP contribution in [0.5, 0.6) is 0 Å². The Bertz CT molecular complexity index is 488. The third kappa shape index (κ3) is 6.68. The first-order chi connectivity index (χ1) is 13.7. The maximum Gasteiger partial charge on any atom is 0.193 e. The zero-order chi connectivity index (χ0) is 19.8. The lowest BCUT2D eigenvalue weighted by molar-refractivity contribution is -0.0139. The third-order valence-corrected chi connectivity index (χ3v) is 7.05. The number of likely N-dealkylation sites (tertiary alicyclic amines) is 2. The van der Waals surface area contributed by atoms with Crippen molar-refractivity contribution in [3.63, 3.8) is 0 Å². The molecule has 170 valence electrons. The molecule has 0 aromatic heterocycles. The number of nitrogens with one attached hydrogen (secondary N) is 1. The van der Waals surface area contributed by atoms with Crippen LogP contribution in [-0.4, -0.2) is 98.3 Å². The zero-order valence-corrected chi connectivity index (χ0v) is 21.3. The standard InChI is InChI=1S/C22H43N5O.HI/c1-4-23-21(26-14-9-20(18-26)17-25(5-2)6-3)24-19-22(10-15-28-16-11-22)27-12-7-8-13-27;/h20H,4-19H2,1-3H3,(H,23,24);1H. The first-order valence-electron chi connectivity index (χ1n) is 11.8. The number of halogens is 1. The highest BCUT2D eigenvalue weighted by Gasteiger charge is 2.40. The highest BCUT2D eigenvalue weighted by Crippen LogP contribution is 2.32. The van der Waals surface area contributed by atoms with E-state index in [9.17, 15) is 0 Å². The van der Waals surface area contributed by atoms with Crippen molar-refractivity contribution in [1.82, 2.24) is 20.0 Å². The number of ether oxygens (including phenoxy) is 1. The molecule has 6 nitrogen and oxygen atoms in total. The Morgan fingerprint density at radius 1 is 1.10 bits per heavy atom. The molecule has 0 radical (unpaired) electrons. The van der Waals surface area contributed by atoms with Crippen molar-refractivity contribution in [2.24, 2.45) is 10.9 Å². The average molecular weight is 522 g/mol. The average Bonchev–Trinajstić information content (AvgIpc) is 3.42. The van der Waals surface area contributed by atoms with Gasteiger partial charge in [-0.25, -0.2) is 0 Å². The molecule has 3 heterocycles. The molecule has 7 heteroatoms. The van der Waals surface area contributed by atoms with Gasteiger partial charge in [0.25, 0.3) is 0 Å². The van der Waals surface area contributed by atoms with Crippen LogP contribution < -0.4 is 5.32 Å². The maximum atomic E-state index is 5.70. The van der Waals surface area contributed by atoms with Crippen molar-refractivity contribution in [3.05, 3.63) is 0 Å². The lowest BCUT2D eigenvalue weighted by atomic mass is 9.88. The van der Waals surface area contributed by atoms with Crippen LogP contribution in [0.2, 0.25) is 0 Å². The van der Waals surface area contributed by atoms with Crippen LogP contribution in [0, 0.1) is 5.92 Å². The maximum absolute atomic E-state index is 5.70. The summed E-state index contributed by atoms with van der Waals surface area (Å²) in [5.41, 5.74) is 0.218. The number of rotatable bonds is 8. The summed E-state index contributed by atoms with van der Waals surface area (Å²) in [6.45, 7) is 18.6. The smallest absolute Gasteiger partial charge is 0.193 e. The van der Waals surface area contributed by atoms with Gasteiger partial charge in [0.15, 0.2) is 5.96 Å². The summed E-state index contributed by atoms with van der Waals surface area (Å²) in [6.07, 6.45) is 6.21. The lowest BCUT2D eigenvalue weighted by Crippen LogP contribution is -2.54. The minimum atomic E-state index is 0. The molecule has 0 bridgehead atoms. The van der Waals surface area contributed by atoms with Gasteiger partial charge in [-0.05, 0) is 71.1 Å². The Hall–Kier alpha value is -0.120. The Balaban J connectivity index is 0.00000300. The van der Waals surface area contributed by atoms with Gasteiger partial charge in [-0.3, -0.25) is 9.89 Å². The fourth-order valence-electron chi connectivity index (χ4n) is 5.19. The van der Waals surface area contributed by atoms with Crippen LogP contribution in [0.3, 0.4) is 0 Å². The summed E-state index contributed by atoms with van der Waals surface area (Å²) < 4.78 is 5.70. The minimum Gasteiger partial charge on any atom is -0.381 e. The molecule has 3 saturated heterocycles. The number of aliphatic imine (C=N–C) groups is 1. The number of hydrogen-bond donors (Lipinski definition) is 1. The van der Waals surface area contributed by atoms with E-state index in [0.717, 1.165) is 77.2 Å². The quantitative estimate of drug-likeness (QED) is 0.303. The van der Waals surface area contributed by atoms with E-state index in [-0.39, 0.29) is 29.5 Å². The van der Waals surface area contributed by atoms with Crippen LogP contribution in [0.4, 0.5) is 0 Å². The molecule has 0 aliphatic carbocycles. The third-order valence-electron chi connectivity index (χ3n) is 7.05. The Kier molecular flexibility index (Phi) is 11.0. The summed E-state index contributed by atoms with van der Waals surface area (Å²) in [5.74, 6) is 1.90. The zero-order valence-electron chi connectivity index (χ0n) is 19.0. The predicted octanol–water partition coefficient (Wildman–Crippen LogP) is 2.88. The van der Waals surface area contributed by atoms with E-state index >= 15 is 0 Å². The van der Waals surface area contributed by atoms with Gasteiger partial charge < -0.3 is 19.9 Å². The van der Waals surface area contributed by atoms with Crippen molar-refractivity contribution in [2.45, 2.75) is 58.4 Å². The molecular formula is C22H44IN5O. The molecule has 0 aromatic rings. The highest BCUT2D eigenvalue weighted by atomic mass is 127. The molecule has 0 amide bonds. The van der Waals surface area contributed by atoms with E-state index in [4.69, 9.17) is 9.73 Å². The van der Waals surface area contributed by atoms with E-state index in [1.807, 2.05) is 0 Å². The van der Waals surface area contributed by atoms with E-state index in [2.05, 4.69) is 40.8 Å². The second-order valence-corrected chi connectivity index (χ2v) is 8.79. The summed E-state index contributed by atoms with van der Waals surface area (Å²) in [4.78, 5) is 13.0. The molecule has 3 rings (SSSR count). The van der Waals surface area contributed by atoms with Crippen molar-refractivity contribution < 1.29 is 4.74 Å². The molecule has 3 aliphatic heterocycles. The van der Waals surface area contributed by atoms with E-state index in [0.29, 0.717) is 0 Å². The van der Waals surface area contributed by atoms with Gasteiger partial charge in [0.2, 0.25) is 0 Å². The monoisotopic (exact) mass is 521 g/mol. The largest absolute Gasteiger partial charge is 0.381 e. The first kappa shape index (κ1) is 25.1. The molecule has 1 atom stereocenters. The molecule has 0 aromatic carbocycles. The van der Waals surface area contributed by atoms with E-state index in [1.165, 1.54) is 38.9 Å². The number of hydrogen-bond acceptors (Lipinski definition) is 4. The van der Waals surface area contributed by atoms with Gasteiger partial charge in [0.05, 0.1) is 6.54 Å². The van der Waals surface area contributed by atoms with Crippen molar-refractivity contribution >= 4 is 29.9 Å². The van der Waals surface area contributed by atoms with Crippen molar-refractivity contribution in [2.75, 3.05) is 72.1 Å². The SMILES string of the molecule is CCNC(=NCC1(N2CCCC2)CCOCC1)N1CCC(CN(CC)CC)C1.I. The van der Waals surface area contributed by atoms with Gasteiger partial charge in [0.1, 0.15) is 0 Å². The molecule has 29 heavy (non-hydrogen) atoms. The van der Waals surface area contributed by atoms with E-state index in [1.54, 1.807) is 0 Å². The second-order valence-electron chi connectivity index (χ2n) is 8.79. The first-order valence-corrected chi connectivity index (χ1v) is 11.8. The van der Waals surface area contributed by atoms with Crippen LogP contribution in [-0.2, 0) is 4.74 Å². The van der Waals surface area contributed by atoms with Crippen LogP contribution in [0.15, 0.2) is 4.99 Å². The highest BCUT2D eigenvalue weighted by molar-refractivity contribution is 14.0. The van der Waals surface area contributed by atoms with Crippen molar-refractivity contribution in [3.8, 4) is 0 Å². The molecule has 3 aliphatic rings. The summed E-state index contributed by atoms with van der Waals surface area (Å²) in [6, 6.07) is 0. The van der Waals surface area contributed by atoms with Crippen LogP contribution >= 0.6 is 24.0 Å². The second kappa shape index (κ2) is 12.7. The normalized spacial score (nSPS) is 25.4. The van der Waals surface area contributed by atoms with Gasteiger partial charge in [-0.2, -0.15) is 0 Å². The summed E-state index contributed by atoms with van der Waals surface area (Å²) >= 11 is 0. The Morgan fingerprint density at radius 2 is 1.79 bits per heavy atom. The summed E-state index contributed by atoms with van der Waals surface area (Å²) in [5, 5.41) is 3.59. The molecule has 0 spiro atoms. The van der Waals surface area contributed by atoms with Gasteiger partial charge in [0, 0.05) is 44.9 Å². The fraction of sp³-hybridized carbons (Fsp3) is 0.955. The molecule has 1 unspecified atom stereocenters. The Labute approximate surface area is 195 Å². The molecule has 1 N–H and O–H groups in total. The number of guanidine groups is 1. The van der Waals surface area contributed by atoms with Crippen LogP contribution in [0.25, 0.3) is 0 Å². The molecule has 3 fully saturated rings. The summed E-state index contributed by atoms with van der Waals surface area (Å²) in [7, 11) is 0. The minimum absolute atomic E-state index is 0. The molecular weight excluding hydrogens is 477 g/mol. The lowest BCUT2D eigenvalue weighted by Gasteiger charge is -2.43. The predicted molar refractivity (Wildman–Crippen MR) is 132 cm³/mol. The topological polar surface area (TPSA) is 43.3 Å². The Morgan fingerprint density at radius 3 is 2.41 bits per heavy atom. The van der Waals surface area contributed by atoms with Crippen molar-refractivity contribution in [1.29, 1.82) is 0 Å².